The molecule has 0 N–H and O–H groups in total. The standard InChI is InChI=1S/C14H13N3S/c1-2-5-11(6-3-1)9-12-10-18-14(17-12)13-15-7-4-8-16-13/h1-8,12H,9-10H2. The minimum Gasteiger partial charge on any atom is -0.270 e. The normalized spacial score (nSPS) is 18.7. The molecule has 2 aromatic rings. The first-order valence-corrected chi connectivity index (χ1v) is 6.92. The molecule has 1 aliphatic rings. The Morgan fingerprint density at radius 1 is 1.06 bits per heavy atom. The molecule has 0 amide bonds. The Morgan fingerprint density at radius 3 is 2.61 bits per heavy atom. The molecule has 18 heavy (non-hydrogen) atoms. The summed E-state index contributed by atoms with van der Waals surface area (Å²) in [6.45, 7) is 0. The maximum absolute atomic E-state index is 4.71. The molecule has 0 saturated heterocycles. The van der Waals surface area contributed by atoms with Crippen LogP contribution in [0, 0.1) is 0 Å². The van der Waals surface area contributed by atoms with Gasteiger partial charge in [0.05, 0.1) is 6.04 Å². The van der Waals surface area contributed by atoms with Gasteiger partial charge in [-0.3, -0.25) is 4.99 Å². The molecule has 4 heteroatoms. The van der Waals surface area contributed by atoms with Gasteiger partial charge in [0.15, 0.2) is 5.82 Å². The fourth-order valence-corrected chi connectivity index (χ4v) is 2.94. The molecule has 1 atom stereocenters. The summed E-state index contributed by atoms with van der Waals surface area (Å²) >= 11 is 1.75. The second-order valence-electron chi connectivity index (χ2n) is 4.16. The van der Waals surface area contributed by atoms with Crippen molar-refractivity contribution in [2.24, 2.45) is 4.99 Å². The third kappa shape index (κ3) is 2.59. The fraction of sp³-hybridized carbons (Fsp3) is 0.214. The van der Waals surface area contributed by atoms with Crippen LogP contribution in [0.4, 0.5) is 0 Å². The number of hydrogen-bond donors (Lipinski definition) is 0. The number of aromatic nitrogens is 2. The summed E-state index contributed by atoms with van der Waals surface area (Å²) in [6.07, 6.45) is 4.51. The van der Waals surface area contributed by atoms with Crippen LogP contribution in [-0.2, 0) is 6.42 Å². The van der Waals surface area contributed by atoms with Crippen molar-refractivity contribution in [3.8, 4) is 0 Å². The van der Waals surface area contributed by atoms with Crippen LogP contribution >= 0.6 is 11.8 Å². The second-order valence-corrected chi connectivity index (χ2v) is 5.17. The molecule has 1 aromatic heterocycles. The summed E-state index contributed by atoms with van der Waals surface area (Å²) in [5, 5.41) is 0.969. The van der Waals surface area contributed by atoms with Crippen LogP contribution in [0.3, 0.4) is 0 Å². The van der Waals surface area contributed by atoms with E-state index in [-0.39, 0.29) is 0 Å². The van der Waals surface area contributed by atoms with E-state index in [1.54, 1.807) is 24.2 Å². The molecule has 3 nitrogen and oxygen atoms in total. The predicted octanol–water partition coefficient (Wildman–Crippen LogP) is 2.58. The lowest BCUT2D eigenvalue weighted by Gasteiger charge is -2.04. The molecular weight excluding hydrogens is 242 g/mol. The van der Waals surface area contributed by atoms with E-state index in [0.29, 0.717) is 6.04 Å². The van der Waals surface area contributed by atoms with Crippen molar-refractivity contribution < 1.29 is 0 Å². The first-order chi connectivity index (χ1) is 8.92. The highest BCUT2D eigenvalue weighted by Crippen LogP contribution is 2.23. The van der Waals surface area contributed by atoms with Gasteiger partial charge < -0.3 is 0 Å². The topological polar surface area (TPSA) is 38.1 Å². The highest BCUT2D eigenvalue weighted by molar-refractivity contribution is 8.14. The lowest BCUT2D eigenvalue weighted by molar-refractivity contribution is 0.762. The highest BCUT2D eigenvalue weighted by atomic mass is 32.2. The van der Waals surface area contributed by atoms with E-state index in [1.807, 2.05) is 12.1 Å². The number of rotatable bonds is 3. The zero-order valence-electron chi connectivity index (χ0n) is 9.86. The van der Waals surface area contributed by atoms with Crippen LogP contribution in [0.25, 0.3) is 0 Å². The van der Waals surface area contributed by atoms with Gasteiger partial charge in [-0.05, 0) is 18.1 Å². The van der Waals surface area contributed by atoms with Gasteiger partial charge in [-0.1, -0.05) is 30.3 Å². The van der Waals surface area contributed by atoms with E-state index in [0.717, 1.165) is 23.0 Å². The average Bonchev–Trinajstić information content (AvgIpc) is 2.89. The number of nitrogens with zero attached hydrogens (tertiary/aromatic N) is 3. The van der Waals surface area contributed by atoms with Gasteiger partial charge >= 0.3 is 0 Å². The Morgan fingerprint density at radius 2 is 1.83 bits per heavy atom. The number of hydrogen-bond acceptors (Lipinski definition) is 4. The van der Waals surface area contributed by atoms with Crippen LogP contribution in [-0.4, -0.2) is 26.8 Å². The molecule has 1 aliphatic heterocycles. The van der Waals surface area contributed by atoms with Crippen molar-refractivity contribution in [2.45, 2.75) is 12.5 Å². The van der Waals surface area contributed by atoms with Gasteiger partial charge in [-0.15, -0.1) is 11.8 Å². The summed E-state index contributed by atoms with van der Waals surface area (Å²) in [6, 6.07) is 12.7. The van der Waals surface area contributed by atoms with E-state index in [4.69, 9.17) is 4.99 Å². The largest absolute Gasteiger partial charge is 0.270 e. The van der Waals surface area contributed by atoms with Gasteiger partial charge in [0.25, 0.3) is 0 Å². The number of thioether (sulfide) groups is 1. The average molecular weight is 255 g/mol. The van der Waals surface area contributed by atoms with Crippen LogP contribution < -0.4 is 0 Å². The highest BCUT2D eigenvalue weighted by Gasteiger charge is 2.20. The smallest absolute Gasteiger partial charge is 0.184 e. The molecule has 0 aliphatic carbocycles. The molecule has 0 saturated carbocycles. The quantitative estimate of drug-likeness (QED) is 0.846. The number of benzene rings is 1. The molecule has 0 fully saturated rings. The maximum atomic E-state index is 4.71. The maximum Gasteiger partial charge on any atom is 0.184 e. The van der Waals surface area contributed by atoms with E-state index in [9.17, 15) is 0 Å². The Bertz CT molecular complexity index is 539. The summed E-state index contributed by atoms with van der Waals surface area (Å²) in [5.74, 6) is 1.76. The predicted molar refractivity (Wildman–Crippen MR) is 75.0 cm³/mol. The Hall–Kier alpha value is -1.68. The summed E-state index contributed by atoms with van der Waals surface area (Å²) < 4.78 is 0. The Balaban J connectivity index is 1.73. The Labute approximate surface area is 110 Å². The minimum atomic E-state index is 0.344. The van der Waals surface area contributed by atoms with E-state index in [1.165, 1.54) is 5.56 Å². The van der Waals surface area contributed by atoms with Crippen molar-refractivity contribution in [3.05, 3.63) is 60.2 Å². The monoisotopic (exact) mass is 255 g/mol. The van der Waals surface area contributed by atoms with Crippen LogP contribution in [0.15, 0.2) is 53.8 Å². The SMILES string of the molecule is c1ccc(CC2CSC(c3ncccn3)=N2)cc1. The molecule has 90 valence electrons. The molecule has 1 aromatic carbocycles. The summed E-state index contributed by atoms with van der Waals surface area (Å²) in [5.41, 5.74) is 1.34. The molecule has 0 bridgehead atoms. The first-order valence-electron chi connectivity index (χ1n) is 5.94. The van der Waals surface area contributed by atoms with Crippen molar-refractivity contribution in [1.29, 1.82) is 0 Å². The minimum absolute atomic E-state index is 0.344. The molecule has 1 unspecified atom stereocenters. The lowest BCUT2D eigenvalue weighted by atomic mass is 10.1. The fourth-order valence-electron chi connectivity index (χ4n) is 1.94. The van der Waals surface area contributed by atoms with Gasteiger partial charge in [0.2, 0.25) is 0 Å². The van der Waals surface area contributed by atoms with Crippen LogP contribution in [0.2, 0.25) is 0 Å². The molecule has 2 heterocycles. The third-order valence-electron chi connectivity index (χ3n) is 2.78. The van der Waals surface area contributed by atoms with Crippen LogP contribution in [0.5, 0.6) is 0 Å². The Kier molecular flexibility index (Phi) is 3.37. The third-order valence-corrected chi connectivity index (χ3v) is 3.90. The van der Waals surface area contributed by atoms with E-state index < -0.39 is 0 Å². The van der Waals surface area contributed by atoms with Gasteiger partial charge in [-0.25, -0.2) is 9.97 Å². The van der Waals surface area contributed by atoms with E-state index in [2.05, 4.69) is 34.2 Å². The molecular formula is C14H13N3S. The van der Waals surface area contributed by atoms with Crippen molar-refractivity contribution in [1.82, 2.24) is 9.97 Å². The van der Waals surface area contributed by atoms with Gasteiger partial charge in [0.1, 0.15) is 5.04 Å². The first kappa shape index (κ1) is 11.4. The zero-order valence-corrected chi connectivity index (χ0v) is 10.7. The van der Waals surface area contributed by atoms with Crippen molar-refractivity contribution >= 4 is 16.8 Å². The van der Waals surface area contributed by atoms with E-state index >= 15 is 0 Å². The lowest BCUT2D eigenvalue weighted by Crippen LogP contribution is -2.07. The van der Waals surface area contributed by atoms with Gasteiger partial charge in [-0.2, -0.15) is 0 Å². The molecule has 0 spiro atoms. The second kappa shape index (κ2) is 5.31. The summed E-state index contributed by atoms with van der Waals surface area (Å²) in [4.78, 5) is 13.2. The van der Waals surface area contributed by atoms with Gasteiger partial charge in [0, 0.05) is 18.1 Å². The van der Waals surface area contributed by atoms with Crippen molar-refractivity contribution in [2.75, 3.05) is 5.75 Å². The van der Waals surface area contributed by atoms with Crippen LogP contribution in [0.1, 0.15) is 11.4 Å². The number of aliphatic imine (C=N–C) groups is 1. The summed E-state index contributed by atoms with van der Waals surface area (Å²) in [7, 11) is 0. The zero-order chi connectivity index (χ0) is 12.2. The molecule has 0 radical (unpaired) electrons. The van der Waals surface area contributed by atoms with Crippen molar-refractivity contribution in [3.63, 3.8) is 0 Å². The molecule has 3 rings (SSSR count).